The second kappa shape index (κ2) is 9.60. The monoisotopic (exact) mass is 524 g/mol. The van der Waals surface area contributed by atoms with E-state index in [0.29, 0.717) is 0 Å². The van der Waals surface area contributed by atoms with Gasteiger partial charge in [0.15, 0.2) is 0 Å². The first-order valence-corrected chi connectivity index (χ1v) is 13.4. The Morgan fingerprint density at radius 3 is 1.64 bits per heavy atom. The quantitative estimate of drug-likeness (QED) is 0.280. The molecule has 1 N–H and O–H groups in total. The fourth-order valence-corrected chi connectivity index (χ4v) is 5.42. The van der Waals surface area contributed by atoms with Gasteiger partial charge in [0.05, 0.1) is 13.1 Å². The van der Waals surface area contributed by atoms with Crippen molar-refractivity contribution in [1.82, 2.24) is 10.2 Å². The summed E-state index contributed by atoms with van der Waals surface area (Å²) in [7, 11) is 0. The van der Waals surface area contributed by atoms with Gasteiger partial charge in [-0.15, -0.1) is 0 Å². The van der Waals surface area contributed by atoms with Gasteiger partial charge in [0.1, 0.15) is 16.7 Å². The predicted octanol–water partition coefficient (Wildman–Crippen LogP) is 7.63. The molecule has 4 aromatic carbocycles. The molecule has 0 bridgehead atoms. The number of hydrogen-bond donors (Lipinski definition) is 1. The van der Waals surface area contributed by atoms with Crippen molar-refractivity contribution >= 4 is 33.7 Å². The number of hydrogen-bond acceptors (Lipinski definition) is 4. The lowest BCUT2D eigenvalue weighted by Crippen LogP contribution is -2.69. The normalized spacial score (nSPS) is 15.1. The average Bonchev–Trinajstić information content (AvgIpc) is 2.83. The van der Waals surface area contributed by atoms with Gasteiger partial charge >= 0.3 is 12.2 Å². The van der Waals surface area contributed by atoms with Crippen LogP contribution in [0.15, 0.2) is 78.9 Å². The summed E-state index contributed by atoms with van der Waals surface area (Å²) in [6.07, 6.45) is -0.926. The van der Waals surface area contributed by atoms with E-state index in [1.165, 1.54) is 0 Å². The number of nitrogens with zero attached hydrogens (tertiary/aromatic N) is 1. The van der Waals surface area contributed by atoms with Crippen LogP contribution in [-0.2, 0) is 15.0 Å². The third-order valence-corrected chi connectivity index (χ3v) is 6.79. The Labute approximate surface area is 229 Å². The summed E-state index contributed by atoms with van der Waals surface area (Å²) < 4.78 is 11.4. The molecule has 0 radical (unpaired) electrons. The van der Waals surface area contributed by atoms with Crippen LogP contribution in [0, 0.1) is 0 Å². The number of carbonyl (C=O) groups is 2. The summed E-state index contributed by atoms with van der Waals surface area (Å²) in [5, 5.41) is 7.39. The SMILES string of the molecule is CC(C)(C)OC(=O)NC1(c2c3ccccc3c(-c3ccccc3)c3ccccc23)CN(C(=O)OC(C)(C)C)C1. The molecule has 0 saturated carbocycles. The molecule has 1 fully saturated rings. The summed E-state index contributed by atoms with van der Waals surface area (Å²) in [4.78, 5) is 27.9. The molecule has 6 heteroatoms. The van der Waals surface area contributed by atoms with E-state index in [-0.39, 0.29) is 13.1 Å². The van der Waals surface area contributed by atoms with Gasteiger partial charge in [-0.1, -0.05) is 78.9 Å². The lowest BCUT2D eigenvalue weighted by atomic mass is 9.75. The standard InChI is InChI=1S/C33H36N2O4/c1-31(2,3)38-29(36)34-33(20-35(21-33)30(37)39-32(4,5)6)28-25-18-12-10-16-23(25)27(22-14-8-7-9-15-22)24-17-11-13-19-26(24)28/h7-19H,20-21H2,1-6H3,(H,34,36). The highest BCUT2D eigenvalue weighted by atomic mass is 16.6. The Kier molecular flexibility index (Phi) is 6.53. The number of nitrogens with one attached hydrogen (secondary N) is 1. The van der Waals surface area contributed by atoms with Gasteiger partial charge in [-0.25, -0.2) is 9.59 Å². The maximum atomic E-state index is 13.2. The zero-order valence-electron chi connectivity index (χ0n) is 23.5. The van der Waals surface area contributed by atoms with E-state index in [2.05, 4.69) is 41.7 Å². The summed E-state index contributed by atoms with van der Waals surface area (Å²) >= 11 is 0. The molecular formula is C33H36N2O4. The van der Waals surface area contributed by atoms with E-state index in [4.69, 9.17) is 9.47 Å². The first-order valence-electron chi connectivity index (χ1n) is 13.4. The van der Waals surface area contributed by atoms with Crippen molar-refractivity contribution in [2.24, 2.45) is 0 Å². The van der Waals surface area contributed by atoms with Crippen LogP contribution in [-0.4, -0.2) is 41.4 Å². The van der Waals surface area contributed by atoms with E-state index in [0.717, 1.165) is 38.2 Å². The number of likely N-dealkylation sites (tertiary alicyclic amines) is 1. The number of amides is 2. The van der Waals surface area contributed by atoms with E-state index < -0.39 is 28.9 Å². The molecule has 1 saturated heterocycles. The lowest BCUT2D eigenvalue weighted by molar-refractivity contribution is -0.0223. The molecule has 2 amide bonds. The highest BCUT2D eigenvalue weighted by Crippen LogP contribution is 2.46. The van der Waals surface area contributed by atoms with Gasteiger partial charge < -0.3 is 19.7 Å². The molecule has 0 atom stereocenters. The van der Waals surface area contributed by atoms with Crippen molar-refractivity contribution in [3.63, 3.8) is 0 Å². The highest BCUT2D eigenvalue weighted by Gasteiger charge is 2.51. The van der Waals surface area contributed by atoms with Crippen molar-refractivity contribution in [2.45, 2.75) is 58.3 Å². The molecule has 4 aromatic rings. The van der Waals surface area contributed by atoms with Crippen molar-refractivity contribution in [2.75, 3.05) is 13.1 Å². The molecule has 1 heterocycles. The minimum atomic E-state index is -0.867. The number of benzene rings is 4. The molecule has 1 aliphatic heterocycles. The highest BCUT2D eigenvalue weighted by molar-refractivity contribution is 6.15. The van der Waals surface area contributed by atoms with Crippen LogP contribution in [0.3, 0.4) is 0 Å². The number of alkyl carbamates (subject to hydrolysis) is 1. The maximum Gasteiger partial charge on any atom is 0.410 e. The molecule has 1 aliphatic rings. The van der Waals surface area contributed by atoms with Crippen LogP contribution in [0.25, 0.3) is 32.7 Å². The van der Waals surface area contributed by atoms with Crippen molar-refractivity contribution in [3.8, 4) is 11.1 Å². The Bertz CT molecular complexity index is 1480. The molecule has 6 nitrogen and oxygen atoms in total. The van der Waals surface area contributed by atoms with Crippen LogP contribution >= 0.6 is 0 Å². The Morgan fingerprint density at radius 1 is 0.692 bits per heavy atom. The van der Waals surface area contributed by atoms with E-state index >= 15 is 0 Å². The average molecular weight is 525 g/mol. The minimum Gasteiger partial charge on any atom is -0.444 e. The Morgan fingerprint density at radius 2 is 1.15 bits per heavy atom. The summed E-state index contributed by atoms with van der Waals surface area (Å²) in [5.74, 6) is 0. The van der Waals surface area contributed by atoms with Gasteiger partial charge in [0.2, 0.25) is 0 Å². The van der Waals surface area contributed by atoms with Crippen molar-refractivity contribution < 1.29 is 19.1 Å². The topological polar surface area (TPSA) is 67.9 Å². The third-order valence-electron chi connectivity index (χ3n) is 6.79. The van der Waals surface area contributed by atoms with Crippen LogP contribution in [0.1, 0.15) is 47.1 Å². The smallest absolute Gasteiger partial charge is 0.410 e. The van der Waals surface area contributed by atoms with Crippen molar-refractivity contribution in [1.29, 1.82) is 0 Å². The first kappa shape index (κ1) is 26.5. The molecule has 39 heavy (non-hydrogen) atoms. The van der Waals surface area contributed by atoms with Crippen molar-refractivity contribution in [3.05, 3.63) is 84.4 Å². The Balaban J connectivity index is 1.72. The van der Waals surface area contributed by atoms with Gasteiger partial charge in [-0.3, -0.25) is 0 Å². The molecule has 202 valence electrons. The summed E-state index contributed by atoms with van der Waals surface area (Å²) in [5.41, 5.74) is 1.08. The van der Waals surface area contributed by atoms with Gasteiger partial charge in [0.25, 0.3) is 0 Å². The van der Waals surface area contributed by atoms with Crippen LogP contribution in [0.5, 0.6) is 0 Å². The van der Waals surface area contributed by atoms with Crippen LogP contribution in [0.4, 0.5) is 9.59 Å². The van der Waals surface area contributed by atoms with E-state index in [1.54, 1.807) is 4.90 Å². The van der Waals surface area contributed by atoms with Gasteiger partial charge in [0, 0.05) is 0 Å². The maximum absolute atomic E-state index is 13.2. The zero-order chi connectivity index (χ0) is 28.0. The van der Waals surface area contributed by atoms with E-state index in [9.17, 15) is 9.59 Å². The zero-order valence-corrected chi connectivity index (χ0v) is 23.5. The van der Waals surface area contributed by atoms with E-state index in [1.807, 2.05) is 84.0 Å². The van der Waals surface area contributed by atoms with Crippen LogP contribution < -0.4 is 5.32 Å². The summed E-state index contributed by atoms with van der Waals surface area (Å²) in [6, 6.07) is 26.9. The fourth-order valence-electron chi connectivity index (χ4n) is 5.42. The Hall–Kier alpha value is -4.06. The summed E-state index contributed by atoms with van der Waals surface area (Å²) in [6.45, 7) is 11.6. The number of fused-ring (bicyclic) bond motifs is 2. The fraction of sp³-hybridized carbons (Fsp3) is 0.333. The number of ether oxygens (including phenoxy) is 2. The molecule has 0 spiro atoms. The van der Waals surface area contributed by atoms with Crippen LogP contribution in [0.2, 0.25) is 0 Å². The predicted molar refractivity (Wildman–Crippen MR) is 156 cm³/mol. The molecular weight excluding hydrogens is 488 g/mol. The second-order valence-corrected chi connectivity index (χ2v) is 12.3. The molecule has 0 aliphatic carbocycles. The van der Waals surface area contributed by atoms with Gasteiger partial charge in [-0.2, -0.15) is 0 Å². The van der Waals surface area contributed by atoms with Gasteiger partial charge in [-0.05, 0) is 79.8 Å². The largest absolute Gasteiger partial charge is 0.444 e. The number of carbonyl (C=O) groups excluding carboxylic acids is 2. The number of rotatable bonds is 3. The molecule has 0 unspecified atom stereocenters. The first-order chi connectivity index (χ1) is 18.4. The lowest BCUT2D eigenvalue weighted by Gasteiger charge is -2.51. The second-order valence-electron chi connectivity index (χ2n) is 12.3. The molecule has 0 aromatic heterocycles. The minimum absolute atomic E-state index is 0.264. The molecule has 5 rings (SSSR count). The third kappa shape index (κ3) is 5.29.